The van der Waals surface area contributed by atoms with Crippen molar-refractivity contribution in [2.45, 2.75) is 38.5 Å². The maximum atomic E-state index is 12.6. The minimum Gasteiger partial charge on any atom is -0.493 e. The Morgan fingerprint density at radius 3 is 2.46 bits per heavy atom. The summed E-state index contributed by atoms with van der Waals surface area (Å²) in [7, 11) is 3.10. The fraction of sp³-hybridized carbons (Fsp3) is 0.571. The number of rotatable bonds is 6. The Hall–Kier alpha value is -2.57. The van der Waals surface area contributed by atoms with Crippen molar-refractivity contribution in [3.8, 4) is 11.5 Å². The van der Waals surface area contributed by atoms with E-state index in [1.54, 1.807) is 19.2 Å². The number of hydrogen-bond donors (Lipinski definition) is 1. The zero-order valence-electron chi connectivity index (χ0n) is 16.5. The molecule has 7 nitrogen and oxygen atoms in total. The second kappa shape index (κ2) is 7.45. The van der Waals surface area contributed by atoms with Crippen LogP contribution < -0.4 is 19.9 Å². The van der Waals surface area contributed by atoms with Crippen molar-refractivity contribution in [2.24, 2.45) is 11.3 Å². The Morgan fingerprint density at radius 2 is 1.89 bits per heavy atom. The van der Waals surface area contributed by atoms with Crippen LogP contribution >= 0.6 is 0 Å². The van der Waals surface area contributed by atoms with Crippen LogP contribution in [0.1, 0.15) is 38.5 Å². The number of fused-ring (bicyclic) bond motifs is 1. The highest BCUT2D eigenvalue weighted by Gasteiger charge is 2.38. The van der Waals surface area contributed by atoms with Gasteiger partial charge in [0.05, 0.1) is 25.1 Å². The van der Waals surface area contributed by atoms with Crippen LogP contribution in [-0.2, 0) is 4.79 Å². The van der Waals surface area contributed by atoms with Gasteiger partial charge in [0.2, 0.25) is 5.95 Å². The average Bonchev–Trinajstić information content (AvgIpc) is 2.70. The summed E-state index contributed by atoms with van der Waals surface area (Å²) < 4.78 is 10.6. The molecule has 0 amide bonds. The Balaban J connectivity index is 1.58. The molecule has 1 saturated heterocycles. The van der Waals surface area contributed by atoms with Crippen LogP contribution in [0.15, 0.2) is 16.9 Å². The summed E-state index contributed by atoms with van der Waals surface area (Å²) in [5, 5.41) is 0.464. The molecule has 28 heavy (non-hydrogen) atoms. The standard InChI is InChI=1S/C21H27N3O4/c1-27-17-10-15-16(11-18(17)28-2)22-20(23-19(15)26)24-8-6-21(13-25,7-9-24)12-14-4-3-5-14/h10-11,13-14H,3-9,12H2,1-2H3,(H,22,23,26). The first-order chi connectivity index (χ1) is 13.6. The molecule has 4 rings (SSSR count). The van der Waals surface area contributed by atoms with Crippen molar-refractivity contribution >= 4 is 23.1 Å². The average molecular weight is 385 g/mol. The van der Waals surface area contributed by atoms with E-state index >= 15 is 0 Å². The fourth-order valence-electron chi connectivity index (χ4n) is 4.41. The number of ether oxygens (including phenoxy) is 2. The summed E-state index contributed by atoms with van der Waals surface area (Å²) in [5.74, 6) is 2.30. The molecule has 7 heteroatoms. The van der Waals surface area contributed by atoms with E-state index in [9.17, 15) is 9.59 Å². The smallest absolute Gasteiger partial charge is 0.260 e. The van der Waals surface area contributed by atoms with E-state index in [2.05, 4.69) is 14.9 Å². The van der Waals surface area contributed by atoms with Crippen LogP contribution in [0.25, 0.3) is 10.9 Å². The van der Waals surface area contributed by atoms with E-state index in [-0.39, 0.29) is 11.0 Å². The van der Waals surface area contributed by atoms with E-state index in [1.165, 1.54) is 32.7 Å². The first-order valence-electron chi connectivity index (χ1n) is 9.95. The molecule has 2 aliphatic rings. The third-order valence-corrected chi connectivity index (χ3v) is 6.43. The molecule has 1 aromatic carbocycles. The predicted molar refractivity (Wildman–Crippen MR) is 107 cm³/mol. The Bertz CT molecular complexity index is 927. The van der Waals surface area contributed by atoms with Gasteiger partial charge < -0.3 is 19.2 Å². The third-order valence-electron chi connectivity index (χ3n) is 6.43. The number of nitrogens with one attached hydrogen (secondary N) is 1. The molecule has 150 valence electrons. The van der Waals surface area contributed by atoms with Gasteiger partial charge in [-0.3, -0.25) is 9.78 Å². The number of aromatic nitrogens is 2. The van der Waals surface area contributed by atoms with Crippen molar-refractivity contribution in [1.82, 2.24) is 9.97 Å². The number of hydrogen-bond acceptors (Lipinski definition) is 6. The lowest BCUT2D eigenvalue weighted by Crippen LogP contribution is -2.43. The largest absolute Gasteiger partial charge is 0.493 e. The monoisotopic (exact) mass is 385 g/mol. The summed E-state index contributed by atoms with van der Waals surface area (Å²) in [5.41, 5.74) is 0.149. The van der Waals surface area contributed by atoms with E-state index in [0.717, 1.165) is 19.3 Å². The number of benzene rings is 1. The van der Waals surface area contributed by atoms with Gasteiger partial charge in [0.1, 0.15) is 6.29 Å². The minimum atomic E-state index is -0.213. The summed E-state index contributed by atoms with van der Waals surface area (Å²) in [6.45, 7) is 1.43. The highest BCUT2D eigenvalue weighted by molar-refractivity contribution is 5.82. The molecular weight excluding hydrogens is 358 g/mol. The number of H-pyrrole nitrogens is 1. The Kier molecular flexibility index (Phi) is 5.00. The number of aldehydes is 1. The number of piperidine rings is 1. The SMILES string of the molecule is COc1cc2nc(N3CCC(C=O)(CC4CCC4)CC3)[nH]c(=O)c2cc1OC. The first-order valence-corrected chi connectivity index (χ1v) is 9.95. The molecular formula is C21H27N3O4. The molecule has 1 N–H and O–H groups in total. The van der Waals surface area contributed by atoms with Gasteiger partial charge in [0.25, 0.3) is 5.56 Å². The van der Waals surface area contributed by atoms with Gasteiger partial charge in [0, 0.05) is 24.6 Å². The summed E-state index contributed by atoms with van der Waals surface area (Å²) in [6, 6.07) is 3.37. The molecule has 2 aromatic rings. The molecule has 1 aliphatic carbocycles. The van der Waals surface area contributed by atoms with Gasteiger partial charge in [-0.15, -0.1) is 0 Å². The van der Waals surface area contributed by atoms with E-state index in [4.69, 9.17) is 9.47 Å². The maximum absolute atomic E-state index is 12.6. The second-order valence-electron chi connectivity index (χ2n) is 8.08. The number of anilines is 1. The predicted octanol–water partition coefficient (Wildman–Crippen LogP) is 2.92. The molecule has 2 heterocycles. The van der Waals surface area contributed by atoms with Crippen LogP contribution in [0.5, 0.6) is 11.5 Å². The van der Waals surface area contributed by atoms with E-state index in [0.29, 0.717) is 47.4 Å². The van der Waals surface area contributed by atoms with Gasteiger partial charge >= 0.3 is 0 Å². The number of carbonyl (C=O) groups is 1. The molecule has 0 bridgehead atoms. The summed E-state index contributed by atoms with van der Waals surface area (Å²) in [4.78, 5) is 34.1. The van der Waals surface area contributed by atoms with Crippen molar-refractivity contribution < 1.29 is 14.3 Å². The summed E-state index contributed by atoms with van der Waals surface area (Å²) >= 11 is 0. The van der Waals surface area contributed by atoms with Crippen LogP contribution in [-0.4, -0.2) is 43.6 Å². The van der Waals surface area contributed by atoms with Gasteiger partial charge in [-0.25, -0.2) is 4.98 Å². The molecule has 0 atom stereocenters. The van der Waals surface area contributed by atoms with Crippen LogP contribution in [0, 0.1) is 11.3 Å². The molecule has 1 saturated carbocycles. The number of carbonyl (C=O) groups excluding carboxylic acids is 1. The van der Waals surface area contributed by atoms with Gasteiger partial charge in [-0.1, -0.05) is 19.3 Å². The minimum absolute atomic E-state index is 0.206. The highest BCUT2D eigenvalue weighted by atomic mass is 16.5. The number of aromatic amines is 1. The van der Waals surface area contributed by atoms with Crippen molar-refractivity contribution in [1.29, 1.82) is 0 Å². The summed E-state index contributed by atoms with van der Waals surface area (Å²) in [6.07, 6.45) is 7.59. The normalized spacial score (nSPS) is 19.3. The quantitative estimate of drug-likeness (QED) is 0.770. The van der Waals surface area contributed by atoms with Crippen LogP contribution in [0.2, 0.25) is 0 Å². The van der Waals surface area contributed by atoms with Crippen molar-refractivity contribution in [3.63, 3.8) is 0 Å². The highest BCUT2D eigenvalue weighted by Crippen LogP contribution is 2.42. The van der Waals surface area contributed by atoms with Crippen LogP contribution in [0.3, 0.4) is 0 Å². The van der Waals surface area contributed by atoms with Crippen molar-refractivity contribution in [3.05, 3.63) is 22.5 Å². The maximum Gasteiger partial charge on any atom is 0.260 e. The van der Waals surface area contributed by atoms with Gasteiger partial charge in [0.15, 0.2) is 11.5 Å². The first kappa shape index (κ1) is 18.8. The lowest BCUT2D eigenvalue weighted by Gasteiger charge is -2.42. The lowest BCUT2D eigenvalue weighted by atomic mass is 9.68. The zero-order valence-corrected chi connectivity index (χ0v) is 16.5. The molecule has 1 aliphatic heterocycles. The van der Waals surface area contributed by atoms with Crippen molar-refractivity contribution in [2.75, 3.05) is 32.2 Å². The molecule has 1 aromatic heterocycles. The number of methoxy groups -OCH3 is 2. The third kappa shape index (κ3) is 3.34. The van der Waals surface area contributed by atoms with E-state index in [1.807, 2.05) is 0 Å². The number of nitrogens with zero attached hydrogens (tertiary/aromatic N) is 2. The molecule has 0 radical (unpaired) electrons. The Morgan fingerprint density at radius 1 is 1.21 bits per heavy atom. The fourth-order valence-corrected chi connectivity index (χ4v) is 4.41. The van der Waals surface area contributed by atoms with E-state index < -0.39 is 0 Å². The second-order valence-corrected chi connectivity index (χ2v) is 8.08. The Labute approximate surface area is 164 Å². The molecule has 0 unspecified atom stereocenters. The topological polar surface area (TPSA) is 84.5 Å². The van der Waals surface area contributed by atoms with Crippen LogP contribution in [0.4, 0.5) is 5.95 Å². The van der Waals surface area contributed by atoms with Gasteiger partial charge in [-0.2, -0.15) is 0 Å². The molecule has 0 spiro atoms. The molecule has 2 fully saturated rings. The van der Waals surface area contributed by atoms with Gasteiger partial charge in [-0.05, 0) is 31.2 Å². The lowest BCUT2D eigenvalue weighted by molar-refractivity contribution is -0.118. The zero-order chi connectivity index (χ0) is 19.7.